The summed E-state index contributed by atoms with van der Waals surface area (Å²) in [5.41, 5.74) is 1.56. The van der Waals surface area contributed by atoms with Gasteiger partial charge in [-0.3, -0.25) is 9.78 Å². The standard InChI is InChI=1S/C17H22N2O3/c1-22-17(21)15-9-14(10-18-11-15)12-5-7-19(8-6-12)16(20)13-3-2-4-13/h9-13H,2-8H2,1H3. The van der Waals surface area contributed by atoms with Crippen molar-refractivity contribution in [3.63, 3.8) is 0 Å². The molecule has 1 saturated carbocycles. The molecule has 1 amide bonds. The third kappa shape index (κ3) is 2.98. The van der Waals surface area contributed by atoms with E-state index in [4.69, 9.17) is 4.74 Å². The number of piperidine rings is 1. The highest BCUT2D eigenvalue weighted by molar-refractivity contribution is 5.89. The molecule has 0 aromatic carbocycles. The van der Waals surface area contributed by atoms with Gasteiger partial charge in [0.2, 0.25) is 5.91 Å². The highest BCUT2D eigenvalue weighted by Crippen LogP contribution is 2.32. The number of pyridine rings is 1. The zero-order valence-corrected chi connectivity index (χ0v) is 13.0. The average Bonchev–Trinajstić information content (AvgIpc) is 2.52. The number of ether oxygens (including phenoxy) is 1. The first kappa shape index (κ1) is 15.0. The molecule has 0 spiro atoms. The van der Waals surface area contributed by atoms with Crippen molar-refractivity contribution in [2.45, 2.75) is 38.0 Å². The topological polar surface area (TPSA) is 59.5 Å². The number of esters is 1. The summed E-state index contributed by atoms with van der Waals surface area (Å²) in [6.45, 7) is 1.62. The second kappa shape index (κ2) is 6.46. The quantitative estimate of drug-likeness (QED) is 0.804. The lowest BCUT2D eigenvalue weighted by Crippen LogP contribution is -2.43. The van der Waals surface area contributed by atoms with Crippen LogP contribution in [0.3, 0.4) is 0 Å². The van der Waals surface area contributed by atoms with Crippen molar-refractivity contribution in [3.05, 3.63) is 29.6 Å². The van der Waals surface area contributed by atoms with Gasteiger partial charge in [0, 0.05) is 31.4 Å². The molecule has 0 atom stereocenters. The fourth-order valence-electron chi connectivity index (χ4n) is 3.26. The van der Waals surface area contributed by atoms with E-state index in [1.54, 1.807) is 0 Å². The zero-order chi connectivity index (χ0) is 15.5. The SMILES string of the molecule is COC(=O)c1cncc(C2CCN(C(=O)C3CCC3)CC2)c1. The molecule has 2 heterocycles. The van der Waals surface area contributed by atoms with E-state index in [-0.39, 0.29) is 11.9 Å². The number of rotatable bonds is 3. The average molecular weight is 302 g/mol. The van der Waals surface area contributed by atoms with Crippen LogP contribution in [0.4, 0.5) is 0 Å². The van der Waals surface area contributed by atoms with Crippen LogP contribution in [0.5, 0.6) is 0 Å². The number of hydrogen-bond donors (Lipinski definition) is 0. The summed E-state index contributed by atoms with van der Waals surface area (Å²) in [7, 11) is 1.37. The van der Waals surface area contributed by atoms with Crippen LogP contribution >= 0.6 is 0 Å². The van der Waals surface area contributed by atoms with E-state index in [1.807, 2.05) is 17.2 Å². The van der Waals surface area contributed by atoms with E-state index in [0.29, 0.717) is 17.4 Å². The third-order valence-electron chi connectivity index (χ3n) is 4.91. The molecule has 2 aliphatic rings. The zero-order valence-electron chi connectivity index (χ0n) is 13.0. The summed E-state index contributed by atoms with van der Waals surface area (Å²) < 4.78 is 4.74. The lowest BCUT2D eigenvalue weighted by atomic mass is 9.83. The Kier molecular flexibility index (Phi) is 4.41. The van der Waals surface area contributed by atoms with Crippen LogP contribution in [0.25, 0.3) is 0 Å². The molecule has 3 rings (SSSR count). The van der Waals surface area contributed by atoms with Crippen molar-refractivity contribution in [1.82, 2.24) is 9.88 Å². The second-order valence-corrected chi connectivity index (χ2v) is 6.23. The Bertz CT molecular complexity index is 561. The molecule has 1 aromatic rings. The van der Waals surface area contributed by atoms with Crippen molar-refractivity contribution in [2.24, 2.45) is 5.92 Å². The molecule has 0 N–H and O–H groups in total. The number of carbonyl (C=O) groups excluding carboxylic acids is 2. The Morgan fingerprint density at radius 2 is 1.91 bits per heavy atom. The van der Waals surface area contributed by atoms with Gasteiger partial charge >= 0.3 is 5.97 Å². The normalized spacial score (nSPS) is 19.6. The van der Waals surface area contributed by atoms with Crippen LogP contribution in [0, 0.1) is 5.92 Å². The Hall–Kier alpha value is -1.91. The molecule has 5 nitrogen and oxygen atoms in total. The molecule has 0 unspecified atom stereocenters. The summed E-state index contributed by atoms with van der Waals surface area (Å²) in [5.74, 6) is 0.626. The fourth-order valence-corrected chi connectivity index (χ4v) is 3.26. The van der Waals surface area contributed by atoms with Crippen molar-refractivity contribution < 1.29 is 14.3 Å². The van der Waals surface area contributed by atoms with Gasteiger partial charge in [-0.2, -0.15) is 0 Å². The lowest BCUT2D eigenvalue weighted by Gasteiger charge is -2.36. The highest BCUT2D eigenvalue weighted by Gasteiger charge is 2.32. The summed E-state index contributed by atoms with van der Waals surface area (Å²) in [6.07, 6.45) is 8.53. The van der Waals surface area contributed by atoms with Gasteiger partial charge < -0.3 is 9.64 Å². The van der Waals surface area contributed by atoms with Gasteiger partial charge in [-0.15, -0.1) is 0 Å². The van der Waals surface area contributed by atoms with Crippen LogP contribution in [0.1, 0.15) is 53.9 Å². The van der Waals surface area contributed by atoms with Crippen molar-refractivity contribution in [3.8, 4) is 0 Å². The summed E-state index contributed by atoms with van der Waals surface area (Å²) in [6, 6.07) is 1.87. The third-order valence-corrected chi connectivity index (χ3v) is 4.91. The van der Waals surface area contributed by atoms with Crippen LogP contribution in [-0.4, -0.2) is 42.0 Å². The van der Waals surface area contributed by atoms with Crippen molar-refractivity contribution in [1.29, 1.82) is 0 Å². The molecule has 1 aliphatic heterocycles. The summed E-state index contributed by atoms with van der Waals surface area (Å²) in [5, 5.41) is 0. The lowest BCUT2D eigenvalue weighted by molar-refractivity contribution is -0.139. The number of carbonyl (C=O) groups is 2. The van der Waals surface area contributed by atoms with Crippen LogP contribution in [-0.2, 0) is 9.53 Å². The van der Waals surface area contributed by atoms with E-state index in [0.717, 1.165) is 44.3 Å². The molecule has 22 heavy (non-hydrogen) atoms. The van der Waals surface area contributed by atoms with Gasteiger partial charge in [0.05, 0.1) is 12.7 Å². The molecule has 118 valence electrons. The summed E-state index contributed by atoms with van der Waals surface area (Å²) in [4.78, 5) is 30.0. The molecule has 5 heteroatoms. The van der Waals surface area contributed by atoms with Gasteiger partial charge in [0.15, 0.2) is 0 Å². The van der Waals surface area contributed by atoms with E-state index in [9.17, 15) is 9.59 Å². The van der Waals surface area contributed by atoms with Crippen LogP contribution in [0.15, 0.2) is 18.5 Å². The first-order valence-electron chi connectivity index (χ1n) is 8.01. The van der Waals surface area contributed by atoms with Crippen molar-refractivity contribution >= 4 is 11.9 Å². The van der Waals surface area contributed by atoms with Gasteiger partial charge in [0.1, 0.15) is 0 Å². The van der Waals surface area contributed by atoms with Crippen LogP contribution < -0.4 is 0 Å². The first-order valence-corrected chi connectivity index (χ1v) is 8.01. The monoisotopic (exact) mass is 302 g/mol. The molecule has 1 aliphatic carbocycles. The molecule has 2 fully saturated rings. The van der Waals surface area contributed by atoms with Gasteiger partial charge in [-0.05, 0) is 43.2 Å². The Labute approximate surface area is 130 Å². The molecule has 0 radical (unpaired) electrons. The maximum absolute atomic E-state index is 12.3. The van der Waals surface area contributed by atoms with Gasteiger partial charge in [-0.25, -0.2) is 4.79 Å². The molecular formula is C17H22N2O3. The maximum atomic E-state index is 12.3. The van der Waals surface area contributed by atoms with E-state index in [2.05, 4.69) is 4.98 Å². The fraction of sp³-hybridized carbons (Fsp3) is 0.588. The first-order chi connectivity index (χ1) is 10.7. The van der Waals surface area contributed by atoms with E-state index in [1.165, 1.54) is 19.7 Å². The van der Waals surface area contributed by atoms with E-state index >= 15 is 0 Å². The largest absolute Gasteiger partial charge is 0.465 e. The number of hydrogen-bond acceptors (Lipinski definition) is 4. The molecular weight excluding hydrogens is 280 g/mol. The second-order valence-electron chi connectivity index (χ2n) is 6.23. The van der Waals surface area contributed by atoms with E-state index < -0.39 is 0 Å². The number of aromatic nitrogens is 1. The number of methoxy groups -OCH3 is 1. The van der Waals surface area contributed by atoms with Crippen LogP contribution in [0.2, 0.25) is 0 Å². The minimum Gasteiger partial charge on any atom is -0.465 e. The smallest absolute Gasteiger partial charge is 0.339 e. The Balaban J connectivity index is 1.61. The predicted molar refractivity (Wildman–Crippen MR) is 81.5 cm³/mol. The Morgan fingerprint density at radius 1 is 1.18 bits per heavy atom. The minimum atomic E-state index is -0.355. The maximum Gasteiger partial charge on any atom is 0.339 e. The Morgan fingerprint density at radius 3 is 2.50 bits per heavy atom. The highest BCUT2D eigenvalue weighted by atomic mass is 16.5. The van der Waals surface area contributed by atoms with Gasteiger partial charge in [0.25, 0.3) is 0 Å². The molecule has 0 bridgehead atoms. The number of likely N-dealkylation sites (tertiary alicyclic amines) is 1. The molecule has 1 saturated heterocycles. The number of amides is 1. The minimum absolute atomic E-state index is 0.279. The van der Waals surface area contributed by atoms with Gasteiger partial charge in [-0.1, -0.05) is 6.42 Å². The summed E-state index contributed by atoms with van der Waals surface area (Å²) >= 11 is 0. The molecule has 1 aromatic heterocycles. The predicted octanol–water partition coefficient (Wildman–Crippen LogP) is 2.37. The number of nitrogens with zero attached hydrogens (tertiary/aromatic N) is 2. The van der Waals surface area contributed by atoms with Crippen molar-refractivity contribution in [2.75, 3.05) is 20.2 Å².